The number of halogens is 1. The molecule has 0 atom stereocenters. The Bertz CT molecular complexity index is 1550. The van der Waals surface area contributed by atoms with Crippen molar-refractivity contribution in [3.05, 3.63) is 136 Å². The number of hydrogen-bond acceptors (Lipinski definition) is 3. The van der Waals surface area contributed by atoms with E-state index >= 15 is 0 Å². The first-order valence-electron chi connectivity index (χ1n) is 12.6. The molecule has 4 aromatic rings. The molecule has 0 unspecified atom stereocenters. The summed E-state index contributed by atoms with van der Waals surface area (Å²) in [6.07, 6.45) is 2.71. The summed E-state index contributed by atoms with van der Waals surface area (Å²) >= 11 is 1.41. The molecule has 4 nitrogen and oxygen atoms in total. The molecule has 6 heteroatoms. The Balaban J connectivity index is 1.35. The highest BCUT2D eigenvalue weighted by Crippen LogP contribution is 2.43. The molecule has 0 N–H and O–H groups in total. The highest BCUT2D eigenvalue weighted by molar-refractivity contribution is 8.04. The molecule has 2 aliphatic rings. The lowest BCUT2D eigenvalue weighted by molar-refractivity contribution is -0.114. The van der Waals surface area contributed by atoms with E-state index in [9.17, 15) is 14.0 Å². The Morgan fingerprint density at radius 2 is 1.63 bits per heavy atom. The van der Waals surface area contributed by atoms with Gasteiger partial charge in [-0.3, -0.25) is 9.59 Å². The van der Waals surface area contributed by atoms with Crippen molar-refractivity contribution in [2.75, 3.05) is 11.4 Å². The number of benzene rings is 4. The van der Waals surface area contributed by atoms with Crippen molar-refractivity contribution < 1.29 is 14.0 Å². The van der Waals surface area contributed by atoms with Crippen LogP contribution >= 0.6 is 11.8 Å². The molecule has 2 amide bonds. The molecular formula is C32H25FN2O2S. The summed E-state index contributed by atoms with van der Waals surface area (Å²) in [5.41, 5.74) is 5.44. The van der Waals surface area contributed by atoms with Crippen LogP contribution in [-0.2, 0) is 24.3 Å². The number of carbonyl (C=O) groups is 2. The Hall–Kier alpha value is -4.16. The summed E-state index contributed by atoms with van der Waals surface area (Å²) in [5, 5.41) is 0. The zero-order valence-corrected chi connectivity index (χ0v) is 21.5. The highest BCUT2D eigenvalue weighted by atomic mass is 32.2. The van der Waals surface area contributed by atoms with Crippen LogP contribution in [0.15, 0.2) is 107 Å². The molecule has 0 radical (unpaired) electrons. The number of anilines is 1. The van der Waals surface area contributed by atoms with Gasteiger partial charge in [0.05, 0.1) is 17.1 Å². The van der Waals surface area contributed by atoms with E-state index in [1.54, 1.807) is 17.0 Å². The summed E-state index contributed by atoms with van der Waals surface area (Å²) in [5.74, 6) is -0.519. The van der Waals surface area contributed by atoms with Gasteiger partial charge in [0, 0.05) is 23.5 Å². The van der Waals surface area contributed by atoms with Gasteiger partial charge in [-0.1, -0.05) is 78.5 Å². The largest absolute Gasteiger partial charge is 0.334 e. The van der Waals surface area contributed by atoms with Crippen LogP contribution in [0, 0.1) is 5.82 Å². The number of rotatable bonds is 4. The second-order valence-electron chi connectivity index (χ2n) is 9.47. The zero-order chi connectivity index (χ0) is 26.1. The molecule has 188 valence electrons. The SMILES string of the molecule is O=C(c1ccc2c(c1)N(Cc1ccc(F)cc1)C(=O)/C(=C/c1ccccc1)S2)N1CCc2ccccc2C1. The summed E-state index contributed by atoms with van der Waals surface area (Å²) < 4.78 is 13.6. The number of thioether (sulfide) groups is 1. The number of hydrogen-bond donors (Lipinski definition) is 0. The molecule has 2 aliphatic heterocycles. The average Bonchev–Trinajstić information content (AvgIpc) is 2.96. The number of amides is 2. The van der Waals surface area contributed by atoms with Crippen molar-refractivity contribution in [1.82, 2.24) is 4.90 Å². The fraction of sp³-hybridized carbons (Fsp3) is 0.125. The second-order valence-corrected chi connectivity index (χ2v) is 10.6. The Morgan fingerprint density at radius 1 is 0.895 bits per heavy atom. The van der Waals surface area contributed by atoms with E-state index in [1.165, 1.54) is 35.0 Å². The predicted octanol–water partition coefficient (Wildman–Crippen LogP) is 6.70. The first-order chi connectivity index (χ1) is 18.5. The van der Waals surface area contributed by atoms with Gasteiger partial charge in [0.15, 0.2) is 0 Å². The number of carbonyl (C=O) groups excluding carboxylic acids is 2. The minimum Gasteiger partial charge on any atom is -0.334 e. The van der Waals surface area contributed by atoms with Crippen LogP contribution in [0.4, 0.5) is 10.1 Å². The third-order valence-corrected chi connectivity index (χ3v) is 8.02. The predicted molar refractivity (Wildman–Crippen MR) is 149 cm³/mol. The third kappa shape index (κ3) is 4.87. The maximum Gasteiger partial charge on any atom is 0.265 e. The van der Waals surface area contributed by atoms with E-state index in [0.717, 1.165) is 22.4 Å². The fourth-order valence-corrected chi connectivity index (χ4v) is 5.96. The lowest BCUT2D eigenvalue weighted by Crippen LogP contribution is -2.37. The van der Waals surface area contributed by atoms with Gasteiger partial charge in [-0.25, -0.2) is 4.39 Å². The molecule has 2 heterocycles. The van der Waals surface area contributed by atoms with Crippen molar-refractivity contribution in [3.63, 3.8) is 0 Å². The first kappa shape index (κ1) is 24.2. The van der Waals surface area contributed by atoms with Crippen LogP contribution in [-0.4, -0.2) is 23.3 Å². The van der Waals surface area contributed by atoms with E-state index < -0.39 is 0 Å². The van der Waals surface area contributed by atoms with Crippen molar-refractivity contribution in [1.29, 1.82) is 0 Å². The maximum atomic E-state index is 13.8. The third-order valence-electron chi connectivity index (χ3n) is 6.94. The molecular weight excluding hydrogens is 495 g/mol. The molecule has 0 spiro atoms. The number of fused-ring (bicyclic) bond motifs is 2. The van der Waals surface area contributed by atoms with Crippen LogP contribution in [0.2, 0.25) is 0 Å². The summed E-state index contributed by atoms with van der Waals surface area (Å²) in [6.45, 7) is 1.50. The molecule has 0 saturated carbocycles. The second kappa shape index (κ2) is 10.3. The standard InChI is InChI=1S/C32H25FN2O2S/c33-27-13-10-23(11-14-27)20-35-28-19-25(31(36)34-17-16-24-8-4-5-9-26(24)21-34)12-15-29(28)38-30(32(35)37)18-22-6-2-1-3-7-22/h1-15,18-19H,16-17,20-21H2/b30-18-. The highest BCUT2D eigenvalue weighted by Gasteiger charge is 2.31. The molecule has 0 fully saturated rings. The average molecular weight is 521 g/mol. The van der Waals surface area contributed by atoms with Crippen molar-refractivity contribution >= 4 is 35.3 Å². The Morgan fingerprint density at radius 3 is 2.42 bits per heavy atom. The Labute approximate surface area is 225 Å². The summed E-state index contributed by atoms with van der Waals surface area (Å²) in [4.78, 5) is 32.3. The van der Waals surface area contributed by atoms with Crippen molar-refractivity contribution in [2.24, 2.45) is 0 Å². The van der Waals surface area contributed by atoms with Gasteiger partial charge in [-0.15, -0.1) is 0 Å². The lowest BCUT2D eigenvalue weighted by atomic mass is 9.99. The van der Waals surface area contributed by atoms with E-state index in [-0.39, 0.29) is 24.2 Å². The van der Waals surface area contributed by atoms with Crippen molar-refractivity contribution in [2.45, 2.75) is 24.4 Å². The van der Waals surface area contributed by atoms with Gasteiger partial charge < -0.3 is 9.80 Å². The van der Waals surface area contributed by atoms with E-state index in [0.29, 0.717) is 29.2 Å². The van der Waals surface area contributed by atoms with E-state index in [4.69, 9.17) is 0 Å². The first-order valence-corrected chi connectivity index (χ1v) is 13.4. The molecule has 4 aromatic carbocycles. The van der Waals surface area contributed by atoms with Gasteiger partial charge in [-0.2, -0.15) is 0 Å². The van der Waals surface area contributed by atoms with Gasteiger partial charge in [-0.05, 0) is 65.1 Å². The van der Waals surface area contributed by atoms with Crippen molar-refractivity contribution in [3.8, 4) is 0 Å². The van der Waals surface area contributed by atoms with Gasteiger partial charge in [0.1, 0.15) is 5.82 Å². The minimum atomic E-state index is -0.324. The van der Waals surface area contributed by atoms with E-state index in [1.807, 2.05) is 71.6 Å². The zero-order valence-electron chi connectivity index (χ0n) is 20.6. The van der Waals surface area contributed by atoms with Crippen LogP contribution in [0.1, 0.15) is 32.6 Å². The molecule has 6 rings (SSSR count). The van der Waals surface area contributed by atoms with Gasteiger partial charge in [0.25, 0.3) is 11.8 Å². The molecule has 0 bridgehead atoms. The molecule has 38 heavy (non-hydrogen) atoms. The number of nitrogens with zero attached hydrogens (tertiary/aromatic N) is 2. The quantitative estimate of drug-likeness (QED) is 0.281. The summed E-state index contributed by atoms with van der Waals surface area (Å²) in [7, 11) is 0. The lowest BCUT2D eigenvalue weighted by Gasteiger charge is -2.32. The van der Waals surface area contributed by atoms with Crippen LogP contribution < -0.4 is 4.90 Å². The Kier molecular flexibility index (Phi) is 6.56. The molecule has 0 aliphatic carbocycles. The van der Waals surface area contributed by atoms with Gasteiger partial charge >= 0.3 is 0 Å². The monoisotopic (exact) mass is 520 g/mol. The van der Waals surface area contributed by atoms with Crippen LogP contribution in [0.5, 0.6) is 0 Å². The van der Waals surface area contributed by atoms with Gasteiger partial charge in [0.2, 0.25) is 0 Å². The van der Waals surface area contributed by atoms with Crippen LogP contribution in [0.25, 0.3) is 6.08 Å². The molecule has 0 saturated heterocycles. The summed E-state index contributed by atoms with van der Waals surface area (Å²) in [6, 6.07) is 29.7. The fourth-order valence-electron chi connectivity index (χ4n) is 4.93. The smallest absolute Gasteiger partial charge is 0.265 e. The normalized spacial score (nSPS) is 15.8. The van der Waals surface area contributed by atoms with E-state index in [2.05, 4.69) is 12.1 Å². The molecule has 0 aromatic heterocycles. The van der Waals surface area contributed by atoms with Crippen LogP contribution in [0.3, 0.4) is 0 Å². The topological polar surface area (TPSA) is 40.6 Å². The minimum absolute atomic E-state index is 0.0490. The maximum absolute atomic E-state index is 13.8.